The number of benzene rings is 1. The first-order valence-corrected chi connectivity index (χ1v) is 9.16. The van der Waals surface area contributed by atoms with Crippen molar-refractivity contribution in [2.75, 3.05) is 0 Å². The van der Waals surface area contributed by atoms with Gasteiger partial charge in [-0.15, -0.1) is 0 Å². The minimum absolute atomic E-state index is 0.00857. The molecule has 2 aliphatic rings. The number of carbonyl (C=O) groups excluding carboxylic acids is 1. The molecule has 1 heterocycles. The summed E-state index contributed by atoms with van der Waals surface area (Å²) in [6, 6.07) is 6.58. The van der Waals surface area contributed by atoms with Gasteiger partial charge in [0, 0.05) is 19.2 Å². The molecule has 4 rings (SSSR count). The number of hydrogen-bond donors (Lipinski definition) is 1. The number of amides is 1. The third-order valence-electron chi connectivity index (χ3n) is 5.68. The van der Waals surface area contributed by atoms with E-state index in [0.717, 1.165) is 30.4 Å². The van der Waals surface area contributed by atoms with Crippen molar-refractivity contribution in [1.29, 1.82) is 0 Å². The van der Waals surface area contributed by atoms with Crippen LogP contribution in [0.1, 0.15) is 55.2 Å². The number of aryl methyl sites for hydroxylation is 1. The number of halogens is 1. The van der Waals surface area contributed by atoms with Crippen molar-refractivity contribution in [3.63, 3.8) is 0 Å². The molecular weight excluding hydrogens is 317 g/mol. The summed E-state index contributed by atoms with van der Waals surface area (Å²) < 4.78 is 15.1. The van der Waals surface area contributed by atoms with Gasteiger partial charge < -0.3 is 5.32 Å². The highest BCUT2D eigenvalue weighted by molar-refractivity contribution is 5.83. The number of aromatic nitrogens is 2. The lowest BCUT2D eigenvalue weighted by atomic mass is 9.91. The van der Waals surface area contributed by atoms with Crippen molar-refractivity contribution in [2.24, 2.45) is 18.9 Å². The Morgan fingerprint density at radius 2 is 2.00 bits per heavy atom. The Morgan fingerprint density at radius 1 is 1.28 bits per heavy atom. The molecule has 0 radical (unpaired) electrons. The van der Waals surface area contributed by atoms with E-state index in [1.165, 1.54) is 25.0 Å². The van der Waals surface area contributed by atoms with E-state index < -0.39 is 0 Å². The summed E-state index contributed by atoms with van der Waals surface area (Å²) in [6.07, 6.45) is 9.40. The maximum Gasteiger partial charge on any atom is 0.224 e. The smallest absolute Gasteiger partial charge is 0.224 e. The summed E-state index contributed by atoms with van der Waals surface area (Å²) in [5.41, 5.74) is 2.15. The van der Waals surface area contributed by atoms with Crippen LogP contribution in [0.4, 0.5) is 4.39 Å². The van der Waals surface area contributed by atoms with Gasteiger partial charge in [-0.05, 0) is 54.4 Å². The summed E-state index contributed by atoms with van der Waals surface area (Å²) in [4.78, 5) is 12.8. The van der Waals surface area contributed by atoms with Gasteiger partial charge in [0.25, 0.3) is 0 Å². The average molecular weight is 341 g/mol. The third-order valence-corrected chi connectivity index (χ3v) is 5.68. The maximum absolute atomic E-state index is 13.3. The highest BCUT2D eigenvalue weighted by Crippen LogP contribution is 2.48. The Bertz CT molecular complexity index is 749. The SMILES string of the molecule is Cn1cc([C@@H]2C[C@@H]2C(=O)N[C@@H](c2ccc(F)cc2)C2CCCC2)cn1. The molecule has 2 aliphatic carbocycles. The minimum atomic E-state index is -0.237. The molecule has 0 aliphatic heterocycles. The van der Waals surface area contributed by atoms with Gasteiger partial charge in [0.1, 0.15) is 5.82 Å². The zero-order valence-electron chi connectivity index (χ0n) is 14.5. The van der Waals surface area contributed by atoms with Crippen molar-refractivity contribution in [1.82, 2.24) is 15.1 Å². The summed E-state index contributed by atoms with van der Waals surface area (Å²) in [6.45, 7) is 0. The molecule has 5 heteroatoms. The first-order valence-electron chi connectivity index (χ1n) is 9.16. The van der Waals surface area contributed by atoms with Crippen LogP contribution in [-0.4, -0.2) is 15.7 Å². The second kappa shape index (κ2) is 6.62. The van der Waals surface area contributed by atoms with E-state index in [2.05, 4.69) is 10.4 Å². The molecule has 0 unspecified atom stereocenters. The second-order valence-corrected chi connectivity index (χ2v) is 7.48. The van der Waals surface area contributed by atoms with E-state index in [4.69, 9.17) is 0 Å². The number of nitrogens with zero attached hydrogens (tertiary/aromatic N) is 2. The van der Waals surface area contributed by atoms with Crippen LogP contribution in [0.3, 0.4) is 0 Å². The molecule has 1 aromatic carbocycles. The fourth-order valence-corrected chi connectivity index (χ4v) is 4.18. The summed E-state index contributed by atoms with van der Waals surface area (Å²) in [5.74, 6) is 0.652. The number of nitrogens with one attached hydrogen (secondary N) is 1. The van der Waals surface area contributed by atoms with Crippen LogP contribution in [0.15, 0.2) is 36.7 Å². The molecule has 1 aromatic heterocycles. The number of hydrogen-bond acceptors (Lipinski definition) is 2. The highest BCUT2D eigenvalue weighted by Gasteiger charge is 2.45. The first kappa shape index (κ1) is 16.3. The van der Waals surface area contributed by atoms with Crippen LogP contribution in [0.5, 0.6) is 0 Å². The molecule has 0 spiro atoms. The molecule has 2 fully saturated rings. The molecular formula is C20H24FN3O. The van der Waals surface area contributed by atoms with Crippen LogP contribution < -0.4 is 5.32 Å². The molecule has 2 aromatic rings. The van der Waals surface area contributed by atoms with Gasteiger partial charge in [-0.1, -0.05) is 25.0 Å². The minimum Gasteiger partial charge on any atom is -0.349 e. The quantitative estimate of drug-likeness (QED) is 0.901. The Labute approximate surface area is 147 Å². The molecule has 132 valence electrons. The van der Waals surface area contributed by atoms with Crippen molar-refractivity contribution >= 4 is 5.91 Å². The van der Waals surface area contributed by atoms with E-state index in [-0.39, 0.29) is 29.6 Å². The maximum atomic E-state index is 13.3. The zero-order chi connectivity index (χ0) is 17.4. The van der Waals surface area contributed by atoms with Crippen molar-refractivity contribution in [3.8, 4) is 0 Å². The van der Waals surface area contributed by atoms with Gasteiger partial charge in [-0.3, -0.25) is 9.48 Å². The van der Waals surface area contributed by atoms with E-state index in [1.807, 2.05) is 31.6 Å². The predicted molar refractivity (Wildman–Crippen MR) is 93.3 cm³/mol. The monoisotopic (exact) mass is 341 g/mol. The van der Waals surface area contributed by atoms with Crippen LogP contribution in [0.25, 0.3) is 0 Å². The molecule has 0 bridgehead atoms. The molecule has 4 nitrogen and oxygen atoms in total. The normalized spacial score (nSPS) is 24.2. The molecule has 25 heavy (non-hydrogen) atoms. The fraction of sp³-hybridized carbons (Fsp3) is 0.500. The molecule has 0 saturated heterocycles. The number of rotatable bonds is 5. The lowest BCUT2D eigenvalue weighted by Crippen LogP contribution is -2.34. The van der Waals surface area contributed by atoms with Crippen LogP contribution in [-0.2, 0) is 11.8 Å². The van der Waals surface area contributed by atoms with E-state index >= 15 is 0 Å². The Balaban J connectivity index is 1.47. The molecule has 2 saturated carbocycles. The van der Waals surface area contributed by atoms with Gasteiger partial charge in [-0.25, -0.2) is 4.39 Å². The Kier molecular flexibility index (Phi) is 4.32. The third kappa shape index (κ3) is 3.46. The number of carbonyl (C=O) groups is 1. The van der Waals surface area contributed by atoms with E-state index in [9.17, 15) is 9.18 Å². The fourth-order valence-electron chi connectivity index (χ4n) is 4.18. The van der Waals surface area contributed by atoms with Gasteiger partial charge in [-0.2, -0.15) is 5.10 Å². The van der Waals surface area contributed by atoms with E-state index in [0.29, 0.717) is 5.92 Å². The lowest BCUT2D eigenvalue weighted by Gasteiger charge is -2.25. The molecule has 1 amide bonds. The van der Waals surface area contributed by atoms with Crippen LogP contribution >= 0.6 is 0 Å². The standard InChI is InChI=1S/C20H24FN3O/c1-24-12-15(11-22-24)17-10-18(17)20(25)23-19(13-4-2-3-5-13)14-6-8-16(21)9-7-14/h6-9,11-13,17-19H,2-5,10H2,1H3,(H,23,25)/t17-,18-,19+/m0/s1. The molecule has 3 atom stereocenters. The Hall–Kier alpha value is -2.17. The van der Waals surface area contributed by atoms with Gasteiger partial charge in [0.15, 0.2) is 0 Å². The van der Waals surface area contributed by atoms with Gasteiger partial charge >= 0.3 is 0 Å². The second-order valence-electron chi connectivity index (χ2n) is 7.48. The predicted octanol–water partition coefficient (Wildman–Crippen LogP) is 3.71. The van der Waals surface area contributed by atoms with E-state index in [1.54, 1.807) is 4.68 Å². The van der Waals surface area contributed by atoms with Gasteiger partial charge in [0.05, 0.1) is 12.2 Å². The topological polar surface area (TPSA) is 46.9 Å². The summed E-state index contributed by atoms with van der Waals surface area (Å²) in [5, 5.41) is 7.48. The van der Waals surface area contributed by atoms with Crippen molar-refractivity contribution in [3.05, 3.63) is 53.6 Å². The first-order chi connectivity index (χ1) is 12.1. The molecule has 1 N–H and O–H groups in total. The Morgan fingerprint density at radius 3 is 2.64 bits per heavy atom. The highest BCUT2D eigenvalue weighted by atomic mass is 19.1. The lowest BCUT2D eigenvalue weighted by molar-refractivity contribution is -0.123. The average Bonchev–Trinajstić information content (AvgIpc) is 3.01. The largest absolute Gasteiger partial charge is 0.349 e. The van der Waals surface area contributed by atoms with Crippen molar-refractivity contribution < 1.29 is 9.18 Å². The zero-order valence-corrected chi connectivity index (χ0v) is 14.5. The summed E-state index contributed by atoms with van der Waals surface area (Å²) >= 11 is 0. The van der Waals surface area contributed by atoms with Gasteiger partial charge in [0.2, 0.25) is 5.91 Å². The van der Waals surface area contributed by atoms with Crippen LogP contribution in [0, 0.1) is 17.7 Å². The summed E-state index contributed by atoms with van der Waals surface area (Å²) in [7, 11) is 1.89. The van der Waals surface area contributed by atoms with Crippen LogP contribution in [0.2, 0.25) is 0 Å². The van der Waals surface area contributed by atoms with Crippen molar-refractivity contribution in [2.45, 2.75) is 44.1 Å².